The number of ether oxygens (including phenoxy) is 1. The molecule has 1 saturated heterocycles. The van der Waals surface area contributed by atoms with E-state index in [2.05, 4.69) is 4.98 Å². The van der Waals surface area contributed by atoms with Crippen molar-refractivity contribution in [1.29, 1.82) is 0 Å². The van der Waals surface area contributed by atoms with Crippen molar-refractivity contribution in [3.8, 4) is 5.88 Å². The molecule has 0 saturated carbocycles. The van der Waals surface area contributed by atoms with Crippen LogP contribution in [0.25, 0.3) is 0 Å². The van der Waals surface area contributed by atoms with Crippen molar-refractivity contribution in [2.75, 3.05) is 6.61 Å². The molecule has 0 radical (unpaired) electrons. The fraction of sp³-hybridized carbons (Fsp3) is 0.667. The zero-order valence-corrected chi connectivity index (χ0v) is 10.8. The Morgan fingerprint density at radius 3 is 2.72 bits per heavy atom. The number of aromatic amines is 1. The minimum absolute atomic E-state index is 0.197. The predicted octanol–water partition coefficient (Wildman–Crippen LogP) is 0.329. The third kappa shape index (κ3) is 1.68. The first-order chi connectivity index (χ1) is 8.41. The molecule has 2 unspecified atom stereocenters. The molecular formula is C12H18N2O4. The van der Waals surface area contributed by atoms with E-state index in [1.807, 2.05) is 13.8 Å². The Morgan fingerprint density at radius 1 is 1.56 bits per heavy atom. The molecule has 2 atom stereocenters. The number of hydrogen-bond acceptors (Lipinski definition) is 4. The van der Waals surface area contributed by atoms with Gasteiger partial charge < -0.3 is 9.84 Å². The highest BCUT2D eigenvalue weighted by atomic mass is 16.5. The maximum atomic E-state index is 12.0. The Bertz CT molecular complexity index is 574. The molecule has 0 spiro atoms. The highest BCUT2D eigenvalue weighted by Crippen LogP contribution is 2.34. The number of hydrogen-bond donors (Lipinski definition) is 2. The van der Waals surface area contributed by atoms with Gasteiger partial charge in [0.25, 0.3) is 5.56 Å². The molecule has 1 aliphatic heterocycles. The number of aromatic nitrogens is 2. The normalized spacial score (nSPS) is 27.6. The quantitative estimate of drug-likeness (QED) is 0.796. The summed E-state index contributed by atoms with van der Waals surface area (Å²) in [5, 5.41) is 10.2. The Balaban J connectivity index is 2.72. The number of aromatic hydroxyl groups is 1. The predicted molar refractivity (Wildman–Crippen MR) is 66.0 cm³/mol. The van der Waals surface area contributed by atoms with Crippen LogP contribution >= 0.6 is 0 Å². The van der Waals surface area contributed by atoms with Crippen molar-refractivity contribution >= 4 is 0 Å². The molecule has 0 amide bonds. The fourth-order valence-corrected chi connectivity index (χ4v) is 2.47. The lowest BCUT2D eigenvalue weighted by Crippen LogP contribution is -2.46. The number of nitrogens with one attached hydrogen (secondary N) is 1. The minimum Gasteiger partial charge on any atom is -0.494 e. The molecule has 0 aromatic carbocycles. The first kappa shape index (κ1) is 12.9. The number of H-pyrrole nitrogens is 1. The Hall–Kier alpha value is -1.56. The van der Waals surface area contributed by atoms with Crippen molar-refractivity contribution in [3.63, 3.8) is 0 Å². The summed E-state index contributed by atoms with van der Waals surface area (Å²) in [6, 6.07) is 0. The second-order valence-corrected chi connectivity index (χ2v) is 4.87. The van der Waals surface area contributed by atoms with Crippen LogP contribution in [-0.4, -0.2) is 27.4 Å². The highest BCUT2D eigenvalue weighted by Gasteiger charge is 2.41. The molecule has 0 bridgehead atoms. The Labute approximate surface area is 104 Å². The van der Waals surface area contributed by atoms with E-state index in [9.17, 15) is 14.7 Å². The van der Waals surface area contributed by atoms with Gasteiger partial charge in [-0.1, -0.05) is 6.92 Å². The largest absolute Gasteiger partial charge is 0.494 e. The standard InChI is InChI=1S/C12H18N2O4/c1-4-8-9(15)13-11(17)14(10(8)16)12(3)5-6-18-7(12)2/h7,16H,4-6H2,1-3H3,(H,13,15,17). The third-order valence-corrected chi connectivity index (χ3v) is 3.90. The molecule has 0 aliphatic carbocycles. The molecule has 2 rings (SSSR count). The van der Waals surface area contributed by atoms with Crippen LogP contribution in [0, 0.1) is 0 Å². The molecule has 1 aromatic heterocycles. The maximum Gasteiger partial charge on any atom is 0.331 e. The minimum atomic E-state index is -0.630. The summed E-state index contributed by atoms with van der Waals surface area (Å²) in [7, 11) is 0. The summed E-state index contributed by atoms with van der Waals surface area (Å²) in [5.41, 5.74) is -1.51. The zero-order chi connectivity index (χ0) is 13.5. The van der Waals surface area contributed by atoms with Gasteiger partial charge in [-0.15, -0.1) is 0 Å². The van der Waals surface area contributed by atoms with E-state index in [0.717, 1.165) is 0 Å². The molecule has 6 heteroatoms. The van der Waals surface area contributed by atoms with Gasteiger partial charge in [0.15, 0.2) is 0 Å². The zero-order valence-electron chi connectivity index (χ0n) is 10.8. The lowest BCUT2D eigenvalue weighted by molar-refractivity contribution is 0.0699. The van der Waals surface area contributed by atoms with Gasteiger partial charge in [-0.25, -0.2) is 4.79 Å². The van der Waals surface area contributed by atoms with E-state index in [1.165, 1.54) is 4.57 Å². The number of rotatable bonds is 2. The Kier molecular flexibility index (Phi) is 3.06. The first-order valence-electron chi connectivity index (χ1n) is 6.11. The second-order valence-electron chi connectivity index (χ2n) is 4.87. The van der Waals surface area contributed by atoms with Crippen LogP contribution in [0.3, 0.4) is 0 Å². The first-order valence-corrected chi connectivity index (χ1v) is 6.11. The van der Waals surface area contributed by atoms with Crippen LogP contribution in [0.5, 0.6) is 5.88 Å². The van der Waals surface area contributed by atoms with E-state index < -0.39 is 16.8 Å². The van der Waals surface area contributed by atoms with Crippen molar-refractivity contribution in [2.24, 2.45) is 0 Å². The topological polar surface area (TPSA) is 84.3 Å². The van der Waals surface area contributed by atoms with Gasteiger partial charge in [0.05, 0.1) is 17.2 Å². The van der Waals surface area contributed by atoms with Crippen molar-refractivity contribution < 1.29 is 9.84 Å². The molecule has 1 aromatic rings. The van der Waals surface area contributed by atoms with Crippen LogP contribution in [0.1, 0.15) is 32.8 Å². The van der Waals surface area contributed by atoms with E-state index in [-0.39, 0.29) is 17.5 Å². The van der Waals surface area contributed by atoms with Crippen molar-refractivity contribution in [3.05, 3.63) is 26.4 Å². The lowest BCUT2D eigenvalue weighted by atomic mass is 9.94. The molecule has 18 heavy (non-hydrogen) atoms. The van der Waals surface area contributed by atoms with Crippen LogP contribution in [0.4, 0.5) is 0 Å². The van der Waals surface area contributed by atoms with Crippen LogP contribution < -0.4 is 11.2 Å². The SMILES string of the molecule is CCc1c(O)n(C2(C)CCOC2C)c(=O)[nH]c1=O. The fourth-order valence-electron chi connectivity index (χ4n) is 2.47. The molecule has 100 valence electrons. The lowest BCUT2D eigenvalue weighted by Gasteiger charge is -2.30. The monoisotopic (exact) mass is 254 g/mol. The van der Waals surface area contributed by atoms with Gasteiger partial charge in [0.2, 0.25) is 5.88 Å². The number of nitrogens with zero attached hydrogens (tertiary/aromatic N) is 1. The summed E-state index contributed by atoms with van der Waals surface area (Å²) in [5.74, 6) is -0.244. The van der Waals surface area contributed by atoms with Crippen molar-refractivity contribution in [1.82, 2.24) is 9.55 Å². The van der Waals surface area contributed by atoms with Gasteiger partial charge >= 0.3 is 5.69 Å². The molecule has 6 nitrogen and oxygen atoms in total. The van der Waals surface area contributed by atoms with E-state index in [4.69, 9.17) is 4.74 Å². The van der Waals surface area contributed by atoms with Gasteiger partial charge in [0.1, 0.15) is 0 Å². The van der Waals surface area contributed by atoms with Crippen LogP contribution in [0.15, 0.2) is 9.59 Å². The Morgan fingerprint density at radius 2 is 2.22 bits per heavy atom. The summed E-state index contributed by atoms with van der Waals surface area (Å²) in [6.07, 6.45) is 0.792. The highest BCUT2D eigenvalue weighted by molar-refractivity contribution is 5.24. The summed E-state index contributed by atoms with van der Waals surface area (Å²) in [4.78, 5) is 25.8. The molecule has 1 aliphatic rings. The second kappa shape index (κ2) is 4.28. The smallest absolute Gasteiger partial charge is 0.331 e. The molecule has 2 N–H and O–H groups in total. The van der Waals surface area contributed by atoms with Gasteiger partial charge in [-0.05, 0) is 26.7 Å². The molecule has 2 heterocycles. The average molecular weight is 254 g/mol. The average Bonchev–Trinajstić information content (AvgIpc) is 2.59. The van der Waals surface area contributed by atoms with E-state index in [1.54, 1.807) is 6.92 Å². The van der Waals surface area contributed by atoms with Crippen LogP contribution in [0.2, 0.25) is 0 Å². The van der Waals surface area contributed by atoms with Crippen LogP contribution in [-0.2, 0) is 16.7 Å². The van der Waals surface area contributed by atoms with Gasteiger partial charge in [-0.3, -0.25) is 14.3 Å². The van der Waals surface area contributed by atoms with Gasteiger partial charge in [0, 0.05) is 6.61 Å². The van der Waals surface area contributed by atoms with Gasteiger partial charge in [-0.2, -0.15) is 0 Å². The maximum absolute atomic E-state index is 12.0. The summed E-state index contributed by atoms with van der Waals surface area (Å²) < 4.78 is 6.73. The molecular weight excluding hydrogens is 236 g/mol. The summed E-state index contributed by atoms with van der Waals surface area (Å²) in [6.45, 7) is 6.00. The van der Waals surface area contributed by atoms with E-state index >= 15 is 0 Å². The van der Waals surface area contributed by atoms with E-state index in [0.29, 0.717) is 19.4 Å². The third-order valence-electron chi connectivity index (χ3n) is 3.90. The summed E-state index contributed by atoms with van der Waals surface area (Å²) >= 11 is 0. The molecule has 1 fully saturated rings. The van der Waals surface area contributed by atoms with Crippen molar-refractivity contribution in [2.45, 2.75) is 45.3 Å².